The number of aliphatic imine (C=N–C) groups is 1. The average molecular weight is 403 g/mol. The van der Waals surface area contributed by atoms with Gasteiger partial charge in [0.15, 0.2) is 6.17 Å². The van der Waals surface area contributed by atoms with Crippen molar-refractivity contribution in [2.24, 2.45) is 10.7 Å². The summed E-state index contributed by atoms with van der Waals surface area (Å²) in [6.07, 6.45) is 2.92. The maximum atomic E-state index is 11.7. The Labute approximate surface area is 170 Å². The fourth-order valence-corrected chi connectivity index (χ4v) is 4.32. The van der Waals surface area contributed by atoms with Crippen LogP contribution in [0.1, 0.15) is 33.3 Å². The lowest BCUT2D eigenvalue weighted by atomic mass is 10.1. The number of furan rings is 1. The molecule has 0 aliphatic carbocycles. The number of amidine groups is 1. The number of fused-ring (bicyclic) bond motifs is 2. The molecule has 4 aromatic rings. The first-order chi connectivity index (χ1) is 14.2. The first-order valence-electron chi connectivity index (χ1n) is 9.07. The molecule has 1 unspecified atom stereocenters. The fourth-order valence-electron chi connectivity index (χ4n) is 3.39. The van der Waals surface area contributed by atoms with Gasteiger partial charge >= 0.3 is 0 Å². The van der Waals surface area contributed by atoms with Crippen molar-refractivity contribution in [3.8, 4) is 0 Å². The van der Waals surface area contributed by atoms with Crippen molar-refractivity contribution in [2.45, 2.75) is 12.7 Å². The first kappa shape index (κ1) is 17.4. The largest absolute Gasteiger partial charge is 0.470 e. The number of nitrogens with zero attached hydrogens (tertiary/aromatic N) is 2. The summed E-state index contributed by atoms with van der Waals surface area (Å²) >= 11 is 1.25. The Balaban J connectivity index is 1.51. The van der Waals surface area contributed by atoms with Gasteiger partial charge in [-0.2, -0.15) is 4.37 Å². The molecule has 0 radical (unpaired) electrons. The Bertz CT molecular complexity index is 1230. The fraction of sp³-hybridized carbons (Fsp3) is 0.0952. The minimum atomic E-state index is -0.465. The molecule has 0 bridgehead atoms. The summed E-state index contributed by atoms with van der Waals surface area (Å²) < 4.78 is 10.7. The van der Waals surface area contributed by atoms with Crippen LogP contribution in [-0.2, 0) is 6.54 Å². The zero-order valence-corrected chi connectivity index (χ0v) is 16.1. The van der Waals surface area contributed by atoms with Gasteiger partial charge in [0.25, 0.3) is 0 Å². The minimum absolute atomic E-state index is 0.407. The van der Waals surface area contributed by atoms with Crippen LogP contribution in [0.15, 0.2) is 70.5 Å². The summed E-state index contributed by atoms with van der Waals surface area (Å²) in [6, 6.07) is 15.6. The Kier molecular flexibility index (Phi) is 4.25. The molecule has 0 saturated heterocycles. The van der Waals surface area contributed by atoms with E-state index >= 15 is 0 Å². The molecular weight excluding hydrogens is 386 g/mol. The third kappa shape index (κ3) is 3.13. The monoisotopic (exact) mass is 403 g/mol. The van der Waals surface area contributed by atoms with Crippen LogP contribution in [0.4, 0.5) is 5.69 Å². The normalized spacial score (nSPS) is 15.4. The number of hydrogen-bond donors (Lipinski definition) is 3. The second-order valence-corrected chi connectivity index (χ2v) is 7.45. The number of amides is 1. The number of nitrogens with two attached hydrogens (primary N) is 1. The molecule has 1 aliphatic heterocycles. The van der Waals surface area contributed by atoms with Crippen molar-refractivity contribution >= 4 is 39.0 Å². The smallest absolute Gasteiger partial charge is 0.250 e. The van der Waals surface area contributed by atoms with Crippen molar-refractivity contribution in [3.05, 3.63) is 83.4 Å². The molecule has 3 heterocycles. The van der Waals surface area contributed by atoms with Gasteiger partial charge < -0.3 is 20.8 Å². The van der Waals surface area contributed by atoms with Gasteiger partial charge in [0.05, 0.1) is 21.5 Å². The highest BCUT2D eigenvalue weighted by Gasteiger charge is 2.27. The van der Waals surface area contributed by atoms with Gasteiger partial charge in [-0.3, -0.25) is 4.79 Å². The summed E-state index contributed by atoms with van der Waals surface area (Å²) in [5.41, 5.74) is 9.59. The number of primary amides is 1. The van der Waals surface area contributed by atoms with Crippen molar-refractivity contribution < 1.29 is 9.21 Å². The second-order valence-electron chi connectivity index (χ2n) is 6.68. The standard InChI is InChI=1S/C21H17N5O2S/c22-19(27)14-8-4-7-13-17(26-29-18(13)14)21-24-16-11-28-10-15(16)20(25-21)23-9-12-5-2-1-3-6-12/h1-8,10-11,21,24H,9H2,(H2,22,27)(H,23,25). The number of carbonyl (C=O) groups is 1. The zero-order chi connectivity index (χ0) is 19.8. The van der Waals surface area contributed by atoms with E-state index in [9.17, 15) is 4.79 Å². The van der Waals surface area contributed by atoms with Gasteiger partial charge in [-0.05, 0) is 23.2 Å². The topological polar surface area (TPSA) is 106 Å². The molecule has 144 valence electrons. The van der Waals surface area contributed by atoms with Crippen LogP contribution >= 0.6 is 11.5 Å². The van der Waals surface area contributed by atoms with E-state index in [1.165, 1.54) is 11.5 Å². The van der Waals surface area contributed by atoms with E-state index in [0.717, 1.165) is 38.4 Å². The summed E-state index contributed by atoms with van der Waals surface area (Å²) in [6.45, 7) is 0.640. The molecule has 1 amide bonds. The minimum Gasteiger partial charge on any atom is -0.470 e. The highest BCUT2D eigenvalue weighted by molar-refractivity contribution is 7.13. The number of anilines is 1. The number of hydrogen-bond acceptors (Lipinski definition) is 7. The summed E-state index contributed by atoms with van der Waals surface area (Å²) in [5.74, 6) is 0.266. The lowest BCUT2D eigenvalue weighted by Gasteiger charge is -2.22. The summed E-state index contributed by atoms with van der Waals surface area (Å²) in [5, 5.41) is 7.62. The van der Waals surface area contributed by atoms with E-state index in [1.54, 1.807) is 18.6 Å². The van der Waals surface area contributed by atoms with Crippen molar-refractivity contribution in [1.29, 1.82) is 0 Å². The lowest BCUT2D eigenvalue weighted by molar-refractivity contribution is 0.100. The SMILES string of the molecule is NC(=O)c1cccc2c(C3N=C(NCc4ccccc4)c4cocc4N3)nsc12. The van der Waals surface area contributed by atoms with E-state index in [2.05, 4.69) is 27.1 Å². The molecule has 2 aromatic carbocycles. The van der Waals surface area contributed by atoms with Crippen molar-refractivity contribution in [1.82, 2.24) is 9.69 Å². The molecule has 1 aliphatic rings. The van der Waals surface area contributed by atoms with Gasteiger partial charge in [-0.25, -0.2) is 4.99 Å². The van der Waals surface area contributed by atoms with Crippen LogP contribution in [0.3, 0.4) is 0 Å². The molecule has 29 heavy (non-hydrogen) atoms. The molecular formula is C21H17N5O2S. The Hall–Kier alpha value is -3.65. The Morgan fingerprint density at radius 2 is 2.03 bits per heavy atom. The predicted octanol–water partition coefficient (Wildman–Crippen LogP) is 3.65. The van der Waals surface area contributed by atoms with Crippen LogP contribution in [0.5, 0.6) is 0 Å². The van der Waals surface area contributed by atoms with E-state index < -0.39 is 12.1 Å². The number of rotatable bonds is 4. The molecule has 5 rings (SSSR count). The number of aromatic nitrogens is 1. The number of carbonyl (C=O) groups excluding carboxylic acids is 1. The van der Waals surface area contributed by atoms with Crippen molar-refractivity contribution in [2.75, 3.05) is 5.32 Å². The predicted molar refractivity (Wildman–Crippen MR) is 113 cm³/mol. The highest BCUT2D eigenvalue weighted by Crippen LogP contribution is 2.35. The number of nitrogens with one attached hydrogen (secondary N) is 2. The molecule has 0 fully saturated rings. The average Bonchev–Trinajstić information content (AvgIpc) is 3.39. The van der Waals surface area contributed by atoms with Crippen molar-refractivity contribution in [3.63, 3.8) is 0 Å². The zero-order valence-electron chi connectivity index (χ0n) is 15.3. The van der Waals surface area contributed by atoms with E-state index in [0.29, 0.717) is 12.1 Å². The molecule has 4 N–H and O–H groups in total. The van der Waals surface area contributed by atoms with Crippen LogP contribution in [-0.4, -0.2) is 16.1 Å². The van der Waals surface area contributed by atoms with Gasteiger partial charge in [0.1, 0.15) is 24.1 Å². The maximum Gasteiger partial charge on any atom is 0.250 e. The first-order valence-corrected chi connectivity index (χ1v) is 9.85. The van der Waals surface area contributed by atoms with Gasteiger partial charge in [-0.15, -0.1) is 0 Å². The van der Waals surface area contributed by atoms with Gasteiger partial charge in [0.2, 0.25) is 5.91 Å². The van der Waals surface area contributed by atoms with Gasteiger partial charge in [0, 0.05) is 11.9 Å². The highest BCUT2D eigenvalue weighted by atomic mass is 32.1. The second kappa shape index (κ2) is 7.06. The molecule has 8 heteroatoms. The van der Waals surface area contributed by atoms with E-state index in [4.69, 9.17) is 15.1 Å². The molecule has 0 spiro atoms. The maximum absolute atomic E-state index is 11.7. The summed E-state index contributed by atoms with van der Waals surface area (Å²) in [7, 11) is 0. The van der Waals surface area contributed by atoms with Crippen LogP contribution in [0.2, 0.25) is 0 Å². The molecule has 2 aromatic heterocycles. The van der Waals surface area contributed by atoms with E-state index in [-0.39, 0.29) is 0 Å². The molecule has 1 atom stereocenters. The van der Waals surface area contributed by atoms with Crippen LogP contribution in [0.25, 0.3) is 10.1 Å². The Morgan fingerprint density at radius 1 is 1.17 bits per heavy atom. The third-order valence-electron chi connectivity index (χ3n) is 4.82. The summed E-state index contributed by atoms with van der Waals surface area (Å²) in [4.78, 5) is 16.6. The number of benzene rings is 2. The van der Waals surface area contributed by atoms with Gasteiger partial charge in [-0.1, -0.05) is 42.5 Å². The Morgan fingerprint density at radius 3 is 2.86 bits per heavy atom. The van der Waals surface area contributed by atoms with E-state index in [1.807, 2.05) is 30.3 Å². The lowest BCUT2D eigenvalue weighted by Crippen LogP contribution is -2.29. The third-order valence-corrected chi connectivity index (χ3v) is 5.73. The van der Waals surface area contributed by atoms with Crippen LogP contribution < -0.4 is 16.4 Å². The molecule has 0 saturated carbocycles. The molecule has 7 nitrogen and oxygen atoms in total. The van der Waals surface area contributed by atoms with Crippen LogP contribution in [0, 0.1) is 0 Å². The quantitative estimate of drug-likeness (QED) is 0.482.